The topological polar surface area (TPSA) is 146 Å². The number of aromatic nitrogens is 3. The van der Waals surface area contributed by atoms with Gasteiger partial charge in [0.25, 0.3) is 10.0 Å². The van der Waals surface area contributed by atoms with E-state index in [0.717, 1.165) is 5.56 Å². The molecule has 1 saturated heterocycles. The Labute approximate surface area is 243 Å². The molecule has 11 nitrogen and oxygen atoms in total. The minimum atomic E-state index is -3.76. The van der Waals surface area contributed by atoms with Gasteiger partial charge in [-0.15, -0.1) is 0 Å². The van der Waals surface area contributed by atoms with Gasteiger partial charge in [0.1, 0.15) is 11.6 Å². The van der Waals surface area contributed by atoms with Gasteiger partial charge in [0.15, 0.2) is 0 Å². The van der Waals surface area contributed by atoms with E-state index in [0.29, 0.717) is 41.2 Å². The molecule has 1 fully saturated rings. The van der Waals surface area contributed by atoms with Crippen molar-refractivity contribution < 1.29 is 21.9 Å². The summed E-state index contributed by atoms with van der Waals surface area (Å²) in [6.45, 7) is 1.43. The molecule has 214 valence electrons. The number of benzene rings is 3. The SMILES string of the molecule is O=S(=O)(Nc1cncc(-c2ccc3ncc(N4CCN(S(=O)(=O)c5ccc(O)cc5)CC4)nc3c2)c1)c1ccccc1. The van der Waals surface area contributed by atoms with Gasteiger partial charge in [0.05, 0.1) is 38.9 Å². The molecule has 6 rings (SSSR count). The minimum Gasteiger partial charge on any atom is -0.508 e. The molecule has 0 unspecified atom stereocenters. The van der Waals surface area contributed by atoms with Gasteiger partial charge in [-0.3, -0.25) is 14.7 Å². The van der Waals surface area contributed by atoms with E-state index in [1.165, 1.54) is 46.9 Å². The Bertz CT molecular complexity index is 1960. The van der Waals surface area contributed by atoms with Gasteiger partial charge < -0.3 is 10.0 Å². The van der Waals surface area contributed by atoms with Crippen molar-refractivity contribution in [3.05, 3.63) is 97.5 Å². The Morgan fingerprint density at radius 2 is 1.45 bits per heavy atom. The Morgan fingerprint density at radius 3 is 2.19 bits per heavy atom. The second kappa shape index (κ2) is 11.0. The van der Waals surface area contributed by atoms with E-state index < -0.39 is 20.0 Å². The average Bonchev–Trinajstić information content (AvgIpc) is 3.01. The molecule has 3 aromatic carbocycles. The third kappa shape index (κ3) is 5.62. The number of sulfonamides is 2. The van der Waals surface area contributed by atoms with Crippen LogP contribution in [0.15, 0.2) is 107 Å². The standard InChI is InChI=1S/C29H26N6O5S2/c36-24-7-9-26(10-8-24)42(39,40)35-14-12-34(13-15-35)29-20-31-27-11-6-21(17-28(27)32-29)22-16-23(19-30-18-22)33-41(37,38)25-4-2-1-3-5-25/h1-11,16-20,33,36H,12-15H2. The molecule has 0 saturated carbocycles. The number of hydrogen-bond acceptors (Lipinski definition) is 9. The van der Waals surface area contributed by atoms with Crippen LogP contribution in [0.2, 0.25) is 0 Å². The third-order valence-electron chi connectivity index (χ3n) is 6.94. The molecule has 1 aliphatic heterocycles. The summed E-state index contributed by atoms with van der Waals surface area (Å²) in [5, 5.41) is 9.49. The second-order valence-corrected chi connectivity index (χ2v) is 13.3. The molecule has 1 aliphatic rings. The smallest absolute Gasteiger partial charge is 0.261 e. The molecule has 0 bridgehead atoms. The van der Waals surface area contributed by atoms with Gasteiger partial charge in [-0.25, -0.2) is 21.8 Å². The van der Waals surface area contributed by atoms with Crippen LogP contribution in [0.4, 0.5) is 11.5 Å². The summed E-state index contributed by atoms with van der Waals surface area (Å²) < 4.78 is 55.6. The number of phenols is 1. The second-order valence-electron chi connectivity index (χ2n) is 9.70. The van der Waals surface area contributed by atoms with E-state index in [1.807, 2.05) is 23.1 Å². The lowest BCUT2D eigenvalue weighted by atomic mass is 10.1. The predicted octanol–water partition coefficient (Wildman–Crippen LogP) is 3.71. The number of fused-ring (bicyclic) bond motifs is 1. The zero-order chi connectivity index (χ0) is 29.3. The van der Waals surface area contributed by atoms with E-state index in [9.17, 15) is 21.9 Å². The van der Waals surface area contributed by atoms with Crippen molar-refractivity contribution in [3.8, 4) is 16.9 Å². The molecule has 0 radical (unpaired) electrons. The van der Waals surface area contributed by atoms with Crippen molar-refractivity contribution >= 4 is 42.6 Å². The van der Waals surface area contributed by atoms with Crippen LogP contribution in [-0.4, -0.2) is 67.4 Å². The molecular weight excluding hydrogens is 576 g/mol. The normalized spacial score (nSPS) is 14.6. The van der Waals surface area contributed by atoms with E-state index in [1.54, 1.807) is 36.7 Å². The molecule has 0 amide bonds. The largest absolute Gasteiger partial charge is 0.508 e. The highest BCUT2D eigenvalue weighted by Gasteiger charge is 2.29. The highest BCUT2D eigenvalue weighted by molar-refractivity contribution is 7.92. The van der Waals surface area contributed by atoms with Crippen molar-refractivity contribution in [2.45, 2.75) is 9.79 Å². The van der Waals surface area contributed by atoms with Crippen LogP contribution in [0.1, 0.15) is 0 Å². The summed E-state index contributed by atoms with van der Waals surface area (Å²) in [5.41, 5.74) is 3.14. The Kier molecular flexibility index (Phi) is 7.22. The highest BCUT2D eigenvalue weighted by Crippen LogP contribution is 2.27. The number of rotatable bonds is 7. The molecule has 0 spiro atoms. The molecule has 5 aromatic rings. The van der Waals surface area contributed by atoms with Gasteiger partial charge in [-0.1, -0.05) is 24.3 Å². The van der Waals surface area contributed by atoms with E-state index >= 15 is 0 Å². The van der Waals surface area contributed by atoms with Crippen LogP contribution in [0, 0.1) is 0 Å². The van der Waals surface area contributed by atoms with Crippen molar-refractivity contribution in [2.75, 3.05) is 35.8 Å². The first kappa shape index (κ1) is 27.6. The highest BCUT2D eigenvalue weighted by atomic mass is 32.2. The molecule has 13 heteroatoms. The number of phenolic OH excluding ortho intramolecular Hbond substituents is 1. The summed E-state index contributed by atoms with van der Waals surface area (Å²) >= 11 is 0. The maximum absolute atomic E-state index is 13.0. The Hall–Kier alpha value is -4.59. The first-order chi connectivity index (χ1) is 20.2. The fraction of sp³-hybridized carbons (Fsp3) is 0.138. The number of piperazine rings is 1. The maximum atomic E-state index is 13.0. The van der Waals surface area contributed by atoms with Crippen LogP contribution >= 0.6 is 0 Å². The molecular formula is C29H26N6O5S2. The fourth-order valence-corrected chi connectivity index (χ4v) is 7.20. The first-order valence-corrected chi connectivity index (χ1v) is 16.0. The average molecular weight is 603 g/mol. The van der Waals surface area contributed by atoms with Crippen molar-refractivity contribution in [3.63, 3.8) is 0 Å². The monoisotopic (exact) mass is 602 g/mol. The molecule has 2 N–H and O–H groups in total. The number of nitrogens with one attached hydrogen (secondary N) is 1. The quantitative estimate of drug-likeness (QED) is 0.285. The van der Waals surface area contributed by atoms with Crippen LogP contribution in [0.3, 0.4) is 0 Å². The van der Waals surface area contributed by atoms with Gasteiger partial charge >= 0.3 is 0 Å². The first-order valence-electron chi connectivity index (χ1n) is 13.0. The van der Waals surface area contributed by atoms with Crippen molar-refractivity contribution in [1.29, 1.82) is 0 Å². The van der Waals surface area contributed by atoms with Crippen LogP contribution in [0.25, 0.3) is 22.2 Å². The molecule has 42 heavy (non-hydrogen) atoms. The zero-order valence-corrected chi connectivity index (χ0v) is 23.8. The summed E-state index contributed by atoms with van der Waals surface area (Å²) in [5.74, 6) is 0.636. The van der Waals surface area contributed by atoms with Crippen molar-refractivity contribution in [1.82, 2.24) is 19.3 Å². The number of anilines is 2. The fourth-order valence-electron chi connectivity index (χ4n) is 4.73. The summed E-state index contributed by atoms with van der Waals surface area (Å²) in [7, 11) is -7.44. The lowest BCUT2D eigenvalue weighted by Gasteiger charge is -2.34. The van der Waals surface area contributed by atoms with Gasteiger partial charge in [-0.05, 0) is 60.2 Å². The number of pyridine rings is 1. The van der Waals surface area contributed by atoms with Crippen LogP contribution < -0.4 is 9.62 Å². The maximum Gasteiger partial charge on any atom is 0.261 e. The molecule has 0 aliphatic carbocycles. The minimum absolute atomic E-state index is 0.00782. The number of nitrogens with zero attached hydrogens (tertiary/aromatic N) is 5. The summed E-state index contributed by atoms with van der Waals surface area (Å²) in [6.07, 6.45) is 4.77. The van der Waals surface area contributed by atoms with Gasteiger partial charge in [0, 0.05) is 37.9 Å². The van der Waals surface area contributed by atoms with E-state index in [2.05, 4.69) is 14.7 Å². The zero-order valence-electron chi connectivity index (χ0n) is 22.2. The Morgan fingerprint density at radius 1 is 0.714 bits per heavy atom. The van der Waals surface area contributed by atoms with E-state index in [4.69, 9.17) is 4.98 Å². The molecule has 2 aromatic heterocycles. The van der Waals surface area contributed by atoms with Crippen molar-refractivity contribution in [2.24, 2.45) is 0 Å². The predicted molar refractivity (Wildman–Crippen MR) is 159 cm³/mol. The number of hydrogen-bond donors (Lipinski definition) is 2. The number of aromatic hydroxyl groups is 1. The lowest BCUT2D eigenvalue weighted by Crippen LogP contribution is -2.48. The van der Waals surface area contributed by atoms with E-state index in [-0.39, 0.29) is 28.6 Å². The van der Waals surface area contributed by atoms with Gasteiger partial charge in [-0.2, -0.15) is 4.31 Å². The third-order valence-corrected chi connectivity index (χ3v) is 10.3. The molecule has 3 heterocycles. The van der Waals surface area contributed by atoms with Crippen LogP contribution in [-0.2, 0) is 20.0 Å². The molecule has 0 atom stereocenters. The lowest BCUT2D eigenvalue weighted by molar-refractivity contribution is 0.383. The van der Waals surface area contributed by atoms with Crippen LogP contribution in [0.5, 0.6) is 5.75 Å². The summed E-state index contributed by atoms with van der Waals surface area (Å²) in [4.78, 5) is 15.9. The van der Waals surface area contributed by atoms with Gasteiger partial charge in [0.2, 0.25) is 10.0 Å². The summed E-state index contributed by atoms with van der Waals surface area (Å²) in [6, 6.07) is 20.9. The Balaban J connectivity index is 1.20.